The molecule has 1 unspecified atom stereocenters. The molecule has 0 heterocycles. The van der Waals surface area contributed by atoms with Crippen LogP contribution in [0, 0.1) is 10.1 Å². The van der Waals surface area contributed by atoms with Gasteiger partial charge in [0.2, 0.25) is 6.04 Å². The molecule has 0 spiro atoms. The lowest BCUT2D eigenvalue weighted by Gasteiger charge is -2.08. The van der Waals surface area contributed by atoms with Crippen molar-refractivity contribution in [1.82, 2.24) is 5.43 Å². The number of nitrogens with zero attached hydrogens (tertiary/aromatic N) is 1. The fraction of sp³-hybridized carbons (Fsp3) is 0.125. The van der Waals surface area contributed by atoms with Crippen LogP contribution in [0.3, 0.4) is 0 Å². The van der Waals surface area contributed by atoms with Gasteiger partial charge in [-0.3, -0.25) is 0 Å². The monoisotopic (exact) mass is 196 g/mol. The quantitative estimate of drug-likeness (QED) is 0.543. The minimum atomic E-state index is -1.31. The molecular weight excluding hydrogens is 188 g/mol. The van der Waals surface area contributed by atoms with E-state index in [-0.39, 0.29) is 0 Å². The summed E-state index contributed by atoms with van der Waals surface area (Å²) in [6, 6.07) is 6.64. The maximum atomic E-state index is 10.7. The van der Waals surface area contributed by atoms with Gasteiger partial charge in [0.05, 0.1) is 0 Å². The highest BCUT2D eigenvalue weighted by molar-refractivity contribution is 5.75. The summed E-state index contributed by atoms with van der Waals surface area (Å²) < 4.78 is 0. The van der Waals surface area contributed by atoms with Crippen LogP contribution in [0.1, 0.15) is 11.6 Å². The Morgan fingerprint density at radius 3 is 2.43 bits per heavy atom. The fourth-order valence-corrected chi connectivity index (χ4v) is 1.02. The molecule has 1 aromatic rings. The van der Waals surface area contributed by atoms with Gasteiger partial charge in [0, 0.05) is 0 Å². The van der Waals surface area contributed by atoms with Gasteiger partial charge in [-0.05, 0) is 5.56 Å². The van der Waals surface area contributed by atoms with Gasteiger partial charge in [0.15, 0.2) is 5.03 Å². The van der Waals surface area contributed by atoms with E-state index in [0.29, 0.717) is 5.56 Å². The van der Waals surface area contributed by atoms with Crippen LogP contribution in [0.25, 0.3) is 0 Å². The molecule has 6 heteroatoms. The Bertz CT molecular complexity index is 338. The predicted octanol–water partition coefficient (Wildman–Crippen LogP) is 0.594. The predicted molar refractivity (Wildman–Crippen MR) is 46.9 cm³/mol. The Hall–Kier alpha value is -2.11. The first-order valence-corrected chi connectivity index (χ1v) is 3.79. The molecule has 0 saturated heterocycles. The summed E-state index contributed by atoms with van der Waals surface area (Å²) in [7, 11) is 0. The summed E-state index contributed by atoms with van der Waals surface area (Å²) in [5.74, 6) is -1.28. The second kappa shape index (κ2) is 4.22. The maximum absolute atomic E-state index is 10.7. The molecule has 1 rings (SSSR count). The number of carboxylic acid groups (broad SMARTS) is 1. The standard InChI is InChI=1S/C8H8N2O4/c11-8(12)7(9-10(13)14)6-4-2-1-3-5-6/h1-5,7,9H,(H,11,12). The summed E-state index contributed by atoms with van der Waals surface area (Å²) >= 11 is 0. The van der Waals surface area contributed by atoms with Crippen LogP contribution in [0.4, 0.5) is 0 Å². The highest BCUT2D eigenvalue weighted by atomic mass is 16.7. The maximum Gasteiger partial charge on any atom is 0.336 e. The van der Waals surface area contributed by atoms with Crippen molar-refractivity contribution < 1.29 is 14.9 Å². The second-order valence-electron chi connectivity index (χ2n) is 2.57. The second-order valence-corrected chi connectivity index (χ2v) is 2.57. The van der Waals surface area contributed by atoms with Gasteiger partial charge in [0.1, 0.15) is 0 Å². The molecule has 0 aliphatic heterocycles. The van der Waals surface area contributed by atoms with E-state index in [0.717, 1.165) is 0 Å². The van der Waals surface area contributed by atoms with Gasteiger partial charge in [-0.15, -0.1) is 5.43 Å². The van der Waals surface area contributed by atoms with Crippen molar-refractivity contribution in [3.63, 3.8) is 0 Å². The fourth-order valence-electron chi connectivity index (χ4n) is 1.02. The third-order valence-electron chi connectivity index (χ3n) is 1.61. The summed E-state index contributed by atoms with van der Waals surface area (Å²) in [6.07, 6.45) is 0. The van der Waals surface area contributed by atoms with E-state index in [9.17, 15) is 14.9 Å². The van der Waals surface area contributed by atoms with Crippen molar-refractivity contribution in [2.24, 2.45) is 0 Å². The number of nitrogens with one attached hydrogen (secondary N) is 1. The van der Waals surface area contributed by atoms with Crippen LogP contribution in [-0.2, 0) is 4.79 Å². The van der Waals surface area contributed by atoms with Crippen LogP contribution < -0.4 is 5.43 Å². The zero-order valence-corrected chi connectivity index (χ0v) is 7.08. The third-order valence-corrected chi connectivity index (χ3v) is 1.61. The smallest absolute Gasteiger partial charge is 0.336 e. The van der Waals surface area contributed by atoms with Crippen LogP contribution in [0.2, 0.25) is 0 Å². The minimum absolute atomic E-state index is 0.344. The lowest BCUT2D eigenvalue weighted by Crippen LogP contribution is -2.32. The highest BCUT2D eigenvalue weighted by Crippen LogP contribution is 2.11. The number of carboxylic acids is 1. The Kier molecular flexibility index (Phi) is 3.01. The Morgan fingerprint density at radius 2 is 2.00 bits per heavy atom. The summed E-state index contributed by atoms with van der Waals surface area (Å²) in [5, 5.41) is 18.0. The van der Waals surface area contributed by atoms with Gasteiger partial charge >= 0.3 is 5.97 Å². The van der Waals surface area contributed by atoms with Crippen molar-refractivity contribution in [2.75, 3.05) is 0 Å². The van der Waals surface area contributed by atoms with Gasteiger partial charge in [-0.1, -0.05) is 30.3 Å². The molecule has 0 aliphatic carbocycles. The molecule has 6 nitrogen and oxygen atoms in total. The molecule has 2 N–H and O–H groups in total. The lowest BCUT2D eigenvalue weighted by molar-refractivity contribution is -0.549. The molecule has 74 valence electrons. The Morgan fingerprint density at radius 1 is 1.43 bits per heavy atom. The van der Waals surface area contributed by atoms with E-state index in [1.54, 1.807) is 23.6 Å². The molecule has 14 heavy (non-hydrogen) atoms. The van der Waals surface area contributed by atoms with Gasteiger partial charge in [-0.25, -0.2) is 14.9 Å². The average molecular weight is 196 g/mol. The zero-order valence-electron chi connectivity index (χ0n) is 7.08. The van der Waals surface area contributed by atoms with E-state index in [4.69, 9.17) is 5.11 Å². The molecule has 0 amide bonds. The number of carbonyl (C=O) groups is 1. The molecule has 0 aliphatic rings. The Labute approximate surface area is 79.3 Å². The zero-order chi connectivity index (χ0) is 10.6. The molecule has 1 aromatic carbocycles. The molecule has 0 radical (unpaired) electrons. The van der Waals surface area contributed by atoms with Crippen LogP contribution >= 0.6 is 0 Å². The number of benzene rings is 1. The number of hydrogen-bond donors (Lipinski definition) is 2. The molecule has 0 saturated carbocycles. The molecule has 1 atom stereocenters. The largest absolute Gasteiger partial charge is 0.479 e. The van der Waals surface area contributed by atoms with Crippen molar-refractivity contribution >= 4 is 5.97 Å². The minimum Gasteiger partial charge on any atom is -0.479 e. The summed E-state index contributed by atoms with van der Waals surface area (Å²) in [6.45, 7) is 0. The number of hydrogen-bond acceptors (Lipinski definition) is 3. The molecule has 0 aromatic heterocycles. The lowest BCUT2D eigenvalue weighted by atomic mass is 10.1. The van der Waals surface area contributed by atoms with Crippen molar-refractivity contribution in [3.8, 4) is 0 Å². The van der Waals surface area contributed by atoms with Crippen LogP contribution in [0.15, 0.2) is 30.3 Å². The summed E-state index contributed by atoms with van der Waals surface area (Å²) in [5.41, 5.74) is 2.06. The third kappa shape index (κ3) is 2.44. The molecular formula is C8H8N2O4. The van der Waals surface area contributed by atoms with Crippen LogP contribution in [0.5, 0.6) is 0 Å². The van der Waals surface area contributed by atoms with Gasteiger partial charge in [-0.2, -0.15) is 0 Å². The van der Waals surface area contributed by atoms with E-state index in [2.05, 4.69) is 0 Å². The molecule has 0 fully saturated rings. The molecule has 0 bridgehead atoms. The van der Waals surface area contributed by atoms with Crippen molar-refractivity contribution in [2.45, 2.75) is 6.04 Å². The highest BCUT2D eigenvalue weighted by Gasteiger charge is 2.23. The average Bonchev–Trinajstić information content (AvgIpc) is 2.15. The van der Waals surface area contributed by atoms with Gasteiger partial charge in [0.25, 0.3) is 0 Å². The van der Waals surface area contributed by atoms with Crippen LogP contribution in [-0.4, -0.2) is 16.1 Å². The van der Waals surface area contributed by atoms with Gasteiger partial charge < -0.3 is 5.11 Å². The summed E-state index contributed by atoms with van der Waals surface area (Å²) in [4.78, 5) is 20.8. The SMILES string of the molecule is O=C(O)C(N[N+](=O)[O-])c1ccccc1. The number of nitro groups is 1. The first-order chi connectivity index (χ1) is 6.61. The van der Waals surface area contributed by atoms with E-state index < -0.39 is 17.0 Å². The van der Waals surface area contributed by atoms with Crippen molar-refractivity contribution in [1.29, 1.82) is 0 Å². The topological polar surface area (TPSA) is 92.5 Å². The van der Waals surface area contributed by atoms with Crippen molar-refractivity contribution in [3.05, 3.63) is 46.0 Å². The van der Waals surface area contributed by atoms with E-state index in [1.807, 2.05) is 0 Å². The Balaban J connectivity index is 2.89. The van der Waals surface area contributed by atoms with E-state index in [1.165, 1.54) is 12.1 Å². The first kappa shape index (κ1) is 9.97. The number of hydrazine groups is 1. The number of rotatable bonds is 4. The first-order valence-electron chi connectivity index (χ1n) is 3.79. The number of aliphatic carboxylic acids is 1. The van der Waals surface area contributed by atoms with E-state index >= 15 is 0 Å². The normalized spacial score (nSPS) is 11.7.